The summed E-state index contributed by atoms with van der Waals surface area (Å²) in [6, 6.07) is 19.3. The lowest BCUT2D eigenvalue weighted by atomic mass is 9.94. The summed E-state index contributed by atoms with van der Waals surface area (Å²) in [5.74, 6) is -0.245. The monoisotopic (exact) mass is 285 g/mol. The SMILES string of the molecule is C[C@H](OCc1ccccc1)[C@H](C[N+](=O)[O-])c1ccccc1. The number of hydrogen-bond acceptors (Lipinski definition) is 3. The van der Waals surface area contributed by atoms with Gasteiger partial charge in [-0.2, -0.15) is 0 Å². The number of hydrogen-bond donors (Lipinski definition) is 0. The first-order valence-electron chi connectivity index (χ1n) is 6.99. The summed E-state index contributed by atoms with van der Waals surface area (Å²) in [5.41, 5.74) is 2.01. The molecule has 0 aromatic heterocycles. The number of ether oxygens (including phenoxy) is 1. The molecule has 0 saturated heterocycles. The maximum Gasteiger partial charge on any atom is 0.213 e. The number of nitrogens with zero attached hydrogens (tertiary/aromatic N) is 1. The molecule has 0 heterocycles. The molecule has 21 heavy (non-hydrogen) atoms. The maximum atomic E-state index is 10.9. The van der Waals surface area contributed by atoms with Crippen molar-refractivity contribution < 1.29 is 9.66 Å². The van der Waals surface area contributed by atoms with Gasteiger partial charge in [0.25, 0.3) is 0 Å². The molecule has 0 fully saturated rings. The van der Waals surface area contributed by atoms with Crippen LogP contribution in [0.4, 0.5) is 0 Å². The zero-order chi connectivity index (χ0) is 15.1. The molecule has 2 aromatic rings. The van der Waals surface area contributed by atoms with Crippen LogP contribution in [0.1, 0.15) is 24.0 Å². The largest absolute Gasteiger partial charge is 0.373 e. The van der Waals surface area contributed by atoms with E-state index in [0.29, 0.717) is 6.61 Å². The fourth-order valence-electron chi connectivity index (χ4n) is 2.30. The van der Waals surface area contributed by atoms with E-state index in [9.17, 15) is 10.1 Å². The molecule has 0 spiro atoms. The number of rotatable bonds is 7. The zero-order valence-electron chi connectivity index (χ0n) is 12.0. The molecule has 2 rings (SSSR count). The minimum absolute atomic E-state index is 0.125. The summed E-state index contributed by atoms with van der Waals surface area (Å²) in [4.78, 5) is 10.6. The van der Waals surface area contributed by atoms with Gasteiger partial charge in [-0.25, -0.2) is 0 Å². The molecule has 0 aliphatic carbocycles. The molecular weight excluding hydrogens is 266 g/mol. The zero-order valence-corrected chi connectivity index (χ0v) is 12.0. The summed E-state index contributed by atoms with van der Waals surface area (Å²) in [6.45, 7) is 2.23. The van der Waals surface area contributed by atoms with E-state index in [4.69, 9.17) is 4.74 Å². The van der Waals surface area contributed by atoms with Crippen LogP contribution in [0.2, 0.25) is 0 Å². The van der Waals surface area contributed by atoms with Gasteiger partial charge in [0.15, 0.2) is 0 Å². The lowest BCUT2D eigenvalue weighted by Crippen LogP contribution is -2.25. The molecule has 4 heteroatoms. The Hall–Kier alpha value is -2.20. The van der Waals surface area contributed by atoms with Crippen molar-refractivity contribution in [1.29, 1.82) is 0 Å². The quantitative estimate of drug-likeness (QED) is 0.576. The smallest absolute Gasteiger partial charge is 0.213 e. The summed E-state index contributed by atoms with van der Waals surface area (Å²) in [6.07, 6.45) is -0.224. The molecule has 0 bridgehead atoms. The van der Waals surface area contributed by atoms with Crippen molar-refractivity contribution in [2.75, 3.05) is 6.54 Å². The summed E-state index contributed by atoms with van der Waals surface area (Å²) < 4.78 is 5.84. The van der Waals surface area contributed by atoms with E-state index in [1.54, 1.807) is 0 Å². The van der Waals surface area contributed by atoms with E-state index in [1.807, 2.05) is 67.6 Å². The molecule has 0 N–H and O–H groups in total. The fourth-order valence-corrected chi connectivity index (χ4v) is 2.30. The molecule has 0 amide bonds. The van der Waals surface area contributed by atoms with E-state index >= 15 is 0 Å². The van der Waals surface area contributed by atoms with Crippen LogP contribution in [0.3, 0.4) is 0 Å². The molecule has 2 aromatic carbocycles. The van der Waals surface area contributed by atoms with Gasteiger partial charge in [-0.15, -0.1) is 0 Å². The Morgan fingerprint density at radius 2 is 1.62 bits per heavy atom. The van der Waals surface area contributed by atoms with Gasteiger partial charge >= 0.3 is 0 Å². The predicted molar refractivity (Wildman–Crippen MR) is 81.7 cm³/mol. The van der Waals surface area contributed by atoms with Crippen LogP contribution in [0.5, 0.6) is 0 Å². The molecule has 0 saturated carbocycles. The second-order valence-corrected chi connectivity index (χ2v) is 5.03. The van der Waals surface area contributed by atoms with Crippen molar-refractivity contribution in [2.45, 2.75) is 25.6 Å². The third-order valence-corrected chi connectivity index (χ3v) is 3.50. The van der Waals surface area contributed by atoms with Crippen LogP contribution in [0.15, 0.2) is 60.7 Å². The predicted octanol–water partition coefficient (Wildman–Crippen LogP) is 3.65. The van der Waals surface area contributed by atoms with Crippen molar-refractivity contribution >= 4 is 0 Å². The van der Waals surface area contributed by atoms with E-state index < -0.39 is 0 Å². The van der Waals surface area contributed by atoms with Crippen LogP contribution in [0.25, 0.3) is 0 Å². The average molecular weight is 285 g/mol. The molecule has 110 valence electrons. The Kier molecular flexibility index (Phi) is 5.46. The third kappa shape index (κ3) is 4.68. The fraction of sp³-hybridized carbons (Fsp3) is 0.294. The van der Waals surface area contributed by atoms with E-state index in [0.717, 1.165) is 11.1 Å². The highest BCUT2D eigenvalue weighted by molar-refractivity contribution is 5.21. The minimum atomic E-state index is -0.278. The maximum absolute atomic E-state index is 10.9. The topological polar surface area (TPSA) is 52.4 Å². The Balaban J connectivity index is 2.04. The molecule has 0 aliphatic rings. The molecular formula is C17H19NO3. The molecule has 2 atom stereocenters. The van der Waals surface area contributed by atoms with E-state index in [2.05, 4.69) is 0 Å². The second-order valence-electron chi connectivity index (χ2n) is 5.03. The minimum Gasteiger partial charge on any atom is -0.373 e. The van der Waals surface area contributed by atoms with Crippen LogP contribution < -0.4 is 0 Å². The Morgan fingerprint density at radius 3 is 2.19 bits per heavy atom. The van der Waals surface area contributed by atoms with Crippen LogP contribution in [-0.2, 0) is 11.3 Å². The average Bonchev–Trinajstić information content (AvgIpc) is 2.52. The van der Waals surface area contributed by atoms with Gasteiger partial charge in [0.2, 0.25) is 6.54 Å². The van der Waals surface area contributed by atoms with Gasteiger partial charge in [-0.05, 0) is 18.1 Å². The lowest BCUT2D eigenvalue weighted by molar-refractivity contribution is -0.485. The van der Waals surface area contributed by atoms with Crippen LogP contribution >= 0.6 is 0 Å². The highest BCUT2D eigenvalue weighted by Crippen LogP contribution is 2.23. The summed E-state index contributed by atoms with van der Waals surface area (Å²) >= 11 is 0. The molecule has 0 aliphatic heterocycles. The normalized spacial score (nSPS) is 13.6. The van der Waals surface area contributed by atoms with Gasteiger partial charge in [0, 0.05) is 4.92 Å². The van der Waals surface area contributed by atoms with Gasteiger partial charge < -0.3 is 4.74 Å². The molecule has 4 nitrogen and oxygen atoms in total. The molecule has 0 radical (unpaired) electrons. The second kappa shape index (κ2) is 7.55. The number of nitro groups is 1. The first-order chi connectivity index (χ1) is 10.2. The van der Waals surface area contributed by atoms with Crippen LogP contribution in [0, 0.1) is 10.1 Å². The Labute approximate surface area is 124 Å². The third-order valence-electron chi connectivity index (χ3n) is 3.50. The van der Waals surface area contributed by atoms with E-state index in [-0.39, 0.29) is 23.5 Å². The Bertz CT molecular complexity index is 557. The first-order valence-corrected chi connectivity index (χ1v) is 6.99. The molecule has 0 unspecified atom stereocenters. The first kappa shape index (κ1) is 15.2. The van der Waals surface area contributed by atoms with Crippen molar-refractivity contribution in [2.24, 2.45) is 0 Å². The standard InChI is InChI=1S/C17H19NO3/c1-14(21-13-15-8-4-2-5-9-15)17(12-18(19)20)16-10-6-3-7-11-16/h2-11,14,17H,12-13H2,1H3/t14-,17-/m0/s1. The van der Waals surface area contributed by atoms with Gasteiger partial charge in [-0.1, -0.05) is 60.7 Å². The lowest BCUT2D eigenvalue weighted by Gasteiger charge is -2.21. The van der Waals surface area contributed by atoms with Crippen LogP contribution in [-0.4, -0.2) is 17.6 Å². The number of benzene rings is 2. The highest BCUT2D eigenvalue weighted by atomic mass is 16.6. The van der Waals surface area contributed by atoms with Gasteiger partial charge in [0.05, 0.1) is 18.6 Å². The van der Waals surface area contributed by atoms with Gasteiger partial charge in [-0.3, -0.25) is 10.1 Å². The Morgan fingerprint density at radius 1 is 1.05 bits per heavy atom. The highest BCUT2D eigenvalue weighted by Gasteiger charge is 2.25. The van der Waals surface area contributed by atoms with Gasteiger partial charge in [0.1, 0.15) is 0 Å². The van der Waals surface area contributed by atoms with Crippen molar-refractivity contribution in [1.82, 2.24) is 0 Å². The summed E-state index contributed by atoms with van der Waals surface area (Å²) in [7, 11) is 0. The summed E-state index contributed by atoms with van der Waals surface area (Å²) in [5, 5.41) is 10.9. The van der Waals surface area contributed by atoms with E-state index in [1.165, 1.54) is 0 Å². The van der Waals surface area contributed by atoms with Crippen molar-refractivity contribution in [3.8, 4) is 0 Å². The van der Waals surface area contributed by atoms with Crippen molar-refractivity contribution in [3.05, 3.63) is 81.9 Å². The van der Waals surface area contributed by atoms with Crippen molar-refractivity contribution in [3.63, 3.8) is 0 Å².